The summed E-state index contributed by atoms with van der Waals surface area (Å²) < 4.78 is 21.8. The number of hydrogen-bond acceptors (Lipinski definition) is 7. The van der Waals surface area contributed by atoms with E-state index in [0.29, 0.717) is 28.8 Å². The van der Waals surface area contributed by atoms with E-state index in [0.717, 1.165) is 10.7 Å². The van der Waals surface area contributed by atoms with E-state index in [9.17, 15) is 4.21 Å². The van der Waals surface area contributed by atoms with Crippen molar-refractivity contribution in [2.24, 2.45) is 0 Å². The number of hydrogen-bond donors (Lipinski definition) is 0. The van der Waals surface area contributed by atoms with E-state index >= 15 is 0 Å². The van der Waals surface area contributed by atoms with E-state index in [1.165, 1.54) is 11.5 Å². The zero-order valence-corrected chi connectivity index (χ0v) is 14.4. The van der Waals surface area contributed by atoms with Crippen LogP contribution in [0.2, 0.25) is 0 Å². The van der Waals surface area contributed by atoms with Crippen LogP contribution in [0.3, 0.4) is 0 Å². The fourth-order valence-electron chi connectivity index (χ4n) is 1.96. The van der Waals surface area contributed by atoms with Crippen molar-refractivity contribution in [1.82, 2.24) is 14.5 Å². The number of anilines is 1. The zero-order valence-electron chi connectivity index (χ0n) is 12.8. The predicted molar refractivity (Wildman–Crippen MR) is 91.7 cm³/mol. The summed E-state index contributed by atoms with van der Waals surface area (Å²) in [5.74, 6) is 1.92. The molecule has 2 heterocycles. The summed E-state index contributed by atoms with van der Waals surface area (Å²) in [6.45, 7) is 0. The molecule has 0 aliphatic carbocycles. The van der Waals surface area contributed by atoms with Crippen LogP contribution in [0.25, 0.3) is 11.3 Å². The van der Waals surface area contributed by atoms with Gasteiger partial charge in [-0.05, 0) is 0 Å². The fourth-order valence-corrected chi connectivity index (χ4v) is 3.63. The molecule has 0 bridgehead atoms. The zero-order chi connectivity index (χ0) is 16.2. The van der Waals surface area contributed by atoms with Gasteiger partial charge in [-0.3, -0.25) is 4.21 Å². The maximum atomic E-state index is 12.2. The van der Waals surface area contributed by atoms with Crippen molar-refractivity contribution >= 4 is 27.5 Å². The standard InChI is InChI=1S/C15H16N4O2S2/c1-19(2)15-16-14(18-22-15)10-23(20)9-12-8-13(21-17-12)11-6-4-3-5-7-11/h3-8H,9-10H2,1-2H3/t23-/m0/s1. The summed E-state index contributed by atoms with van der Waals surface area (Å²) in [5.41, 5.74) is 1.62. The Balaban J connectivity index is 1.63. The topological polar surface area (TPSA) is 72.1 Å². The highest BCUT2D eigenvalue weighted by atomic mass is 32.2. The molecule has 0 aliphatic heterocycles. The van der Waals surface area contributed by atoms with E-state index in [-0.39, 0.29) is 0 Å². The van der Waals surface area contributed by atoms with Crippen molar-refractivity contribution in [1.29, 1.82) is 0 Å². The molecule has 3 rings (SSSR count). The molecular weight excluding hydrogens is 332 g/mol. The minimum Gasteiger partial charge on any atom is -0.356 e. The summed E-state index contributed by atoms with van der Waals surface area (Å²) in [4.78, 5) is 6.22. The van der Waals surface area contributed by atoms with Crippen molar-refractivity contribution in [2.45, 2.75) is 11.5 Å². The Morgan fingerprint density at radius 3 is 2.70 bits per heavy atom. The van der Waals surface area contributed by atoms with Crippen LogP contribution in [0.1, 0.15) is 11.5 Å². The molecule has 0 N–H and O–H groups in total. The number of rotatable bonds is 6. The summed E-state index contributed by atoms with van der Waals surface area (Å²) in [6.07, 6.45) is 0. The Hall–Kier alpha value is -2.06. The van der Waals surface area contributed by atoms with Gasteiger partial charge in [0.05, 0.1) is 17.2 Å². The first-order valence-corrected chi connectivity index (χ1v) is 9.24. The van der Waals surface area contributed by atoms with Gasteiger partial charge in [-0.15, -0.1) is 0 Å². The van der Waals surface area contributed by atoms with Crippen molar-refractivity contribution in [3.63, 3.8) is 0 Å². The lowest BCUT2D eigenvalue weighted by atomic mass is 10.2. The third kappa shape index (κ3) is 4.02. The Morgan fingerprint density at radius 1 is 1.22 bits per heavy atom. The molecule has 0 amide bonds. The summed E-state index contributed by atoms with van der Waals surface area (Å²) in [5, 5.41) is 4.80. The lowest BCUT2D eigenvalue weighted by Crippen LogP contribution is -2.08. The molecule has 6 nitrogen and oxygen atoms in total. The fraction of sp³-hybridized carbons (Fsp3) is 0.267. The Labute approximate surface area is 140 Å². The van der Waals surface area contributed by atoms with Gasteiger partial charge >= 0.3 is 0 Å². The normalized spacial score (nSPS) is 12.3. The molecule has 0 spiro atoms. The van der Waals surface area contributed by atoms with Gasteiger partial charge in [0.15, 0.2) is 11.6 Å². The van der Waals surface area contributed by atoms with E-state index in [1.807, 2.05) is 55.4 Å². The van der Waals surface area contributed by atoms with Gasteiger partial charge in [0.2, 0.25) is 5.13 Å². The second-order valence-electron chi connectivity index (χ2n) is 5.16. The molecule has 23 heavy (non-hydrogen) atoms. The number of aromatic nitrogens is 3. The highest BCUT2D eigenvalue weighted by molar-refractivity contribution is 7.83. The summed E-state index contributed by atoms with van der Waals surface area (Å²) in [7, 11) is 2.68. The van der Waals surface area contributed by atoms with E-state index in [2.05, 4.69) is 14.5 Å². The highest BCUT2D eigenvalue weighted by Gasteiger charge is 2.13. The van der Waals surface area contributed by atoms with Gasteiger partial charge in [0.1, 0.15) is 0 Å². The van der Waals surface area contributed by atoms with Gasteiger partial charge in [-0.1, -0.05) is 35.5 Å². The first-order valence-electron chi connectivity index (χ1n) is 6.98. The van der Waals surface area contributed by atoms with Crippen molar-refractivity contribution in [2.75, 3.05) is 19.0 Å². The quantitative estimate of drug-likeness (QED) is 0.682. The van der Waals surface area contributed by atoms with Gasteiger partial charge < -0.3 is 9.42 Å². The van der Waals surface area contributed by atoms with Gasteiger partial charge in [0.25, 0.3) is 0 Å². The molecule has 8 heteroatoms. The second-order valence-corrected chi connectivity index (χ2v) is 7.35. The minimum absolute atomic E-state index is 0.317. The maximum absolute atomic E-state index is 12.2. The maximum Gasteiger partial charge on any atom is 0.204 e. The second kappa shape index (κ2) is 7.01. The molecule has 2 aromatic heterocycles. The Kier molecular flexibility index (Phi) is 4.82. The molecule has 0 radical (unpaired) electrons. The molecule has 0 saturated heterocycles. The largest absolute Gasteiger partial charge is 0.356 e. The molecule has 0 saturated carbocycles. The van der Waals surface area contributed by atoms with Crippen LogP contribution in [0, 0.1) is 0 Å². The van der Waals surface area contributed by atoms with E-state index < -0.39 is 10.8 Å². The van der Waals surface area contributed by atoms with Crippen LogP contribution in [0.15, 0.2) is 40.9 Å². The molecule has 1 atom stereocenters. The first-order chi connectivity index (χ1) is 11.1. The Morgan fingerprint density at radius 2 is 2.00 bits per heavy atom. The SMILES string of the molecule is CN(C)c1nc(C[S@@](=O)Cc2cc(-c3ccccc3)on2)ns1. The van der Waals surface area contributed by atoms with Crippen molar-refractivity contribution in [3.8, 4) is 11.3 Å². The molecule has 0 aliphatic rings. The van der Waals surface area contributed by atoms with Crippen LogP contribution in [-0.4, -0.2) is 32.8 Å². The molecular formula is C15H16N4O2S2. The van der Waals surface area contributed by atoms with Gasteiger partial charge in [-0.2, -0.15) is 4.37 Å². The van der Waals surface area contributed by atoms with Crippen LogP contribution >= 0.6 is 11.5 Å². The van der Waals surface area contributed by atoms with Crippen molar-refractivity contribution in [3.05, 3.63) is 47.9 Å². The monoisotopic (exact) mass is 348 g/mol. The van der Waals surface area contributed by atoms with E-state index in [1.54, 1.807) is 0 Å². The summed E-state index contributed by atoms with van der Waals surface area (Å²) >= 11 is 1.30. The van der Waals surface area contributed by atoms with Crippen LogP contribution in [0.5, 0.6) is 0 Å². The molecule has 1 aromatic carbocycles. The first kappa shape index (κ1) is 15.8. The van der Waals surface area contributed by atoms with Crippen LogP contribution in [0.4, 0.5) is 5.13 Å². The minimum atomic E-state index is -1.12. The third-order valence-corrected chi connectivity index (χ3v) is 5.18. The molecule has 0 fully saturated rings. The van der Waals surface area contributed by atoms with Crippen molar-refractivity contribution < 1.29 is 8.73 Å². The lowest BCUT2D eigenvalue weighted by molar-refractivity contribution is 0.426. The Bertz CT molecular complexity index is 799. The summed E-state index contributed by atoms with van der Waals surface area (Å²) in [6, 6.07) is 11.5. The van der Waals surface area contributed by atoms with E-state index in [4.69, 9.17) is 4.52 Å². The predicted octanol–water partition coefficient (Wildman–Crippen LogP) is 2.71. The highest BCUT2D eigenvalue weighted by Crippen LogP contribution is 2.21. The molecule has 120 valence electrons. The van der Waals surface area contributed by atoms with Gasteiger partial charge in [-0.25, -0.2) is 4.98 Å². The number of benzene rings is 1. The molecule has 3 aromatic rings. The molecule has 0 unspecified atom stereocenters. The third-order valence-electron chi connectivity index (χ3n) is 3.06. The average Bonchev–Trinajstić information content (AvgIpc) is 3.18. The average molecular weight is 348 g/mol. The number of nitrogens with zero attached hydrogens (tertiary/aromatic N) is 4. The van der Waals surface area contributed by atoms with Crippen LogP contribution in [-0.2, 0) is 22.3 Å². The smallest absolute Gasteiger partial charge is 0.204 e. The lowest BCUT2D eigenvalue weighted by Gasteiger charge is -2.04. The van der Waals surface area contributed by atoms with Gasteiger partial charge in [0, 0.05) is 48.1 Å². The van der Waals surface area contributed by atoms with Crippen LogP contribution < -0.4 is 4.90 Å².